The van der Waals surface area contributed by atoms with Crippen molar-refractivity contribution in [2.24, 2.45) is 0 Å². The molecule has 3 aromatic heterocycles. The minimum Gasteiger partial charge on any atom is -0.493 e. The molecule has 0 amide bonds. The van der Waals surface area contributed by atoms with Gasteiger partial charge in [0, 0.05) is 43.3 Å². The number of hydrogen-bond acceptors (Lipinski definition) is 9. The van der Waals surface area contributed by atoms with Gasteiger partial charge in [-0.2, -0.15) is 19.6 Å². The Kier molecular flexibility index (Phi) is 5.58. The van der Waals surface area contributed by atoms with Crippen molar-refractivity contribution in [1.29, 1.82) is 0 Å². The molecule has 35 heavy (non-hydrogen) atoms. The van der Waals surface area contributed by atoms with Gasteiger partial charge in [0.05, 0.1) is 25.1 Å². The smallest absolute Gasteiger partial charge is 0.325 e. The van der Waals surface area contributed by atoms with Gasteiger partial charge in [-0.1, -0.05) is 12.1 Å². The number of H-pyrrole nitrogens is 2. The van der Waals surface area contributed by atoms with Crippen LogP contribution in [0.1, 0.15) is 29.7 Å². The average molecular weight is 478 g/mol. The Morgan fingerprint density at radius 2 is 2.03 bits per heavy atom. The lowest BCUT2D eigenvalue weighted by Gasteiger charge is -2.26. The summed E-state index contributed by atoms with van der Waals surface area (Å²) in [5, 5.41) is 21.2. The van der Waals surface area contributed by atoms with Crippen LogP contribution in [0.2, 0.25) is 0 Å². The van der Waals surface area contributed by atoms with E-state index < -0.39 is 5.69 Å². The summed E-state index contributed by atoms with van der Waals surface area (Å²) in [6.07, 6.45) is 4.12. The van der Waals surface area contributed by atoms with Crippen molar-refractivity contribution in [2.45, 2.75) is 31.8 Å². The third-order valence-electron chi connectivity index (χ3n) is 6.19. The minimum atomic E-state index is -0.459. The zero-order valence-electron chi connectivity index (χ0n) is 19.1. The summed E-state index contributed by atoms with van der Waals surface area (Å²) in [6, 6.07) is 8.61. The van der Waals surface area contributed by atoms with E-state index in [0.29, 0.717) is 29.3 Å². The molecule has 1 saturated carbocycles. The van der Waals surface area contributed by atoms with Gasteiger partial charge in [-0.05, 0) is 30.5 Å². The van der Waals surface area contributed by atoms with Crippen molar-refractivity contribution in [3.63, 3.8) is 0 Å². The number of nitrogens with zero attached hydrogens (tertiary/aromatic N) is 5. The highest BCUT2D eigenvalue weighted by Crippen LogP contribution is 2.27. The number of imidazole rings is 1. The molecule has 0 atom stereocenters. The number of hydrogen-bond donors (Lipinski definition) is 5. The molecule has 0 bridgehead atoms. The third-order valence-corrected chi connectivity index (χ3v) is 6.19. The minimum absolute atomic E-state index is 0.185. The third kappa shape index (κ3) is 4.84. The van der Waals surface area contributed by atoms with Crippen molar-refractivity contribution in [3.8, 4) is 5.88 Å². The summed E-state index contributed by atoms with van der Waals surface area (Å²) >= 11 is 0. The first-order valence-electron chi connectivity index (χ1n) is 11.8. The second-order valence-corrected chi connectivity index (χ2v) is 8.99. The molecule has 12 heteroatoms. The molecular formula is C23H27N9O3. The van der Waals surface area contributed by atoms with Gasteiger partial charge in [-0.15, -0.1) is 0 Å². The lowest BCUT2D eigenvalue weighted by atomic mass is 10.2. The fourth-order valence-corrected chi connectivity index (χ4v) is 4.23. The predicted molar refractivity (Wildman–Crippen MR) is 129 cm³/mol. The van der Waals surface area contributed by atoms with Gasteiger partial charge in [-0.25, -0.2) is 4.79 Å². The van der Waals surface area contributed by atoms with Gasteiger partial charge in [0.2, 0.25) is 17.8 Å². The number of ether oxygens (including phenoxy) is 1. The van der Waals surface area contributed by atoms with Crippen molar-refractivity contribution in [3.05, 3.63) is 57.8 Å². The largest absolute Gasteiger partial charge is 0.493 e. The first-order valence-corrected chi connectivity index (χ1v) is 11.8. The summed E-state index contributed by atoms with van der Waals surface area (Å²) in [6.45, 7) is 4.26. The van der Waals surface area contributed by atoms with E-state index >= 15 is 0 Å². The van der Waals surface area contributed by atoms with Gasteiger partial charge in [-0.3, -0.25) is 9.88 Å². The molecule has 0 unspecified atom stereocenters. The van der Waals surface area contributed by atoms with Gasteiger partial charge in [0.25, 0.3) is 0 Å². The lowest BCUT2D eigenvalue weighted by molar-refractivity contribution is 0.0342. The van der Waals surface area contributed by atoms with Crippen molar-refractivity contribution < 1.29 is 9.84 Å². The zero-order valence-corrected chi connectivity index (χ0v) is 19.1. The SMILES string of the molecule is O=c1[nH]c(O)c(Cc2cnn3c(NC4CC4)nc(Nc4cccc(CN5CCOCC5)c4)nc23)[nH]1. The molecule has 6 rings (SSSR count). The van der Waals surface area contributed by atoms with Crippen molar-refractivity contribution in [2.75, 3.05) is 36.9 Å². The normalized spacial score (nSPS) is 16.6. The highest BCUT2D eigenvalue weighted by Gasteiger charge is 2.24. The number of nitrogens with one attached hydrogen (secondary N) is 4. The number of rotatable bonds is 8. The molecule has 4 aromatic rings. The van der Waals surface area contributed by atoms with Crippen LogP contribution in [-0.2, 0) is 17.7 Å². The summed E-state index contributed by atoms with van der Waals surface area (Å²) in [5.41, 5.74) is 3.36. The van der Waals surface area contributed by atoms with Crippen LogP contribution in [0.15, 0.2) is 35.3 Å². The van der Waals surface area contributed by atoms with Crippen LogP contribution >= 0.6 is 0 Å². The quantitative estimate of drug-likeness (QED) is 0.255. The summed E-state index contributed by atoms with van der Waals surface area (Å²) in [4.78, 5) is 28.3. The van der Waals surface area contributed by atoms with E-state index in [2.05, 4.69) is 42.7 Å². The predicted octanol–water partition coefficient (Wildman–Crippen LogP) is 1.59. The van der Waals surface area contributed by atoms with Crippen LogP contribution < -0.4 is 16.3 Å². The molecule has 12 nitrogen and oxygen atoms in total. The number of fused-ring (bicyclic) bond motifs is 1. The van der Waals surface area contributed by atoms with Gasteiger partial charge in [0.15, 0.2) is 5.65 Å². The maximum absolute atomic E-state index is 11.5. The van der Waals surface area contributed by atoms with Crippen LogP contribution in [0.5, 0.6) is 5.88 Å². The van der Waals surface area contributed by atoms with Crippen LogP contribution in [0, 0.1) is 0 Å². The standard InChI is InChI=1S/C23H27N9O3/c33-20-18(27-23(34)29-20)11-15-12-24-32-19(15)28-21(30-22(32)26-16-4-5-16)25-17-3-1-2-14(10-17)13-31-6-8-35-9-7-31/h1-3,10,12,16,33H,4-9,11,13H2,(H2,27,29,34)(H2,25,26,28,30). The number of aromatic nitrogens is 6. The molecule has 182 valence electrons. The van der Waals surface area contributed by atoms with E-state index in [9.17, 15) is 9.90 Å². The first-order chi connectivity index (χ1) is 17.1. The summed E-state index contributed by atoms with van der Waals surface area (Å²) < 4.78 is 7.11. The highest BCUT2D eigenvalue weighted by molar-refractivity contribution is 5.61. The van der Waals surface area contributed by atoms with E-state index in [1.54, 1.807) is 10.7 Å². The van der Waals surface area contributed by atoms with Gasteiger partial charge >= 0.3 is 5.69 Å². The highest BCUT2D eigenvalue weighted by atomic mass is 16.5. The molecule has 1 aromatic carbocycles. The molecule has 0 radical (unpaired) electrons. The topological polar surface area (TPSA) is 148 Å². The Morgan fingerprint density at radius 1 is 1.17 bits per heavy atom. The van der Waals surface area contributed by atoms with Crippen molar-refractivity contribution in [1.82, 2.24) is 34.4 Å². The second kappa shape index (κ2) is 9.04. The first kappa shape index (κ1) is 21.6. The number of aromatic amines is 2. The fraction of sp³-hybridized carbons (Fsp3) is 0.391. The van der Waals surface area contributed by atoms with Crippen LogP contribution in [0.3, 0.4) is 0 Å². The Balaban J connectivity index is 1.29. The van der Waals surface area contributed by atoms with Crippen LogP contribution in [0.4, 0.5) is 17.6 Å². The van der Waals surface area contributed by atoms with Crippen LogP contribution in [-0.4, -0.2) is 71.9 Å². The zero-order chi connectivity index (χ0) is 23.8. The molecule has 0 spiro atoms. The number of morpholine rings is 1. The molecule has 2 aliphatic rings. The van der Waals surface area contributed by atoms with E-state index in [1.807, 2.05) is 12.1 Å². The Hall–Kier alpha value is -3.90. The summed E-state index contributed by atoms with van der Waals surface area (Å²) in [5.74, 6) is 0.857. The number of aromatic hydroxyl groups is 1. The Labute approximate surface area is 200 Å². The van der Waals surface area contributed by atoms with E-state index in [1.165, 1.54) is 5.56 Å². The lowest BCUT2D eigenvalue weighted by Crippen LogP contribution is -2.35. The average Bonchev–Trinajstić information content (AvgIpc) is 3.48. The fourth-order valence-electron chi connectivity index (χ4n) is 4.23. The molecule has 1 aliphatic carbocycles. The monoisotopic (exact) mass is 477 g/mol. The number of anilines is 3. The Morgan fingerprint density at radius 3 is 2.80 bits per heavy atom. The Bertz CT molecular complexity index is 1400. The maximum atomic E-state index is 11.5. The molecular weight excluding hydrogens is 450 g/mol. The van der Waals surface area contributed by atoms with Gasteiger partial charge < -0.3 is 25.5 Å². The molecule has 1 saturated heterocycles. The maximum Gasteiger partial charge on any atom is 0.325 e. The summed E-state index contributed by atoms with van der Waals surface area (Å²) in [7, 11) is 0. The van der Waals surface area contributed by atoms with E-state index in [4.69, 9.17) is 14.7 Å². The molecule has 4 heterocycles. The van der Waals surface area contributed by atoms with Crippen LogP contribution in [0.25, 0.3) is 5.65 Å². The number of benzene rings is 1. The molecule has 5 N–H and O–H groups in total. The van der Waals surface area contributed by atoms with E-state index in [0.717, 1.165) is 56.9 Å². The van der Waals surface area contributed by atoms with Gasteiger partial charge in [0.1, 0.15) is 0 Å². The molecule has 1 aliphatic heterocycles. The van der Waals surface area contributed by atoms with Crippen molar-refractivity contribution >= 4 is 23.2 Å². The second-order valence-electron chi connectivity index (χ2n) is 8.99. The molecule has 2 fully saturated rings. The van der Waals surface area contributed by atoms with E-state index in [-0.39, 0.29) is 12.3 Å².